The van der Waals surface area contributed by atoms with Crippen molar-refractivity contribution in [1.29, 1.82) is 0 Å². The van der Waals surface area contributed by atoms with E-state index in [4.69, 9.17) is 0 Å². The quantitative estimate of drug-likeness (QED) is 0.814. The number of likely N-dealkylation sites (tertiary alicyclic amines) is 1. The first-order valence-electron chi connectivity index (χ1n) is 10.1. The van der Waals surface area contributed by atoms with Crippen LogP contribution < -0.4 is 5.32 Å². The van der Waals surface area contributed by atoms with E-state index in [0.717, 1.165) is 56.7 Å². The van der Waals surface area contributed by atoms with Crippen LogP contribution in [0.4, 0.5) is 0 Å². The van der Waals surface area contributed by atoms with Crippen molar-refractivity contribution in [2.45, 2.75) is 59.7 Å². The molecule has 146 valence electrons. The molecule has 0 bridgehead atoms. The Morgan fingerprint density at radius 1 is 1.19 bits per heavy atom. The van der Waals surface area contributed by atoms with E-state index >= 15 is 0 Å². The lowest BCUT2D eigenvalue weighted by atomic mass is 9.95. The van der Waals surface area contributed by atoms with Crippen molar-refractivity contribution in [1.82, 2.24) is 20.0 Å². The van der Waals surface area contributed by atoms with Crippen LogP contribution in [-0.4, -0.2) is 33.7 Å². The van der Waals surface area contributed by atoms with Gasteiger partial charge in [-0.1, -0.05) is 36.8 Å². The third-order valence-electron chi connectivity index (χ3n) is 5.44. The summed E-state index contributed by atoms with van der Waals surface area (Å²) in [6.07, 6.45) is 5.15. The molecule has 1 amide bonds. The molecule has 2 heterocycles. The summed E-state index contributed by atoms with van der Waals surface area (Å²) in [5, 5.41) is 7.70. The number of rotatable bonds is 7. The van der Waals surface area contributed by atoms with Crippen molar-refractivity contribution >= 4 is 5.91 Å². The first kappa shape index (κ1) is 19.6. The molecule has 5 nitrogen and oxygen atoms in total. The normalized spacial score (nSPS) is 15.8. The monoisotopic (exact) mass is 368 g/mol. The number of aryl methyl sites for hydroxylation is 3. The Morgan fingerprint density at radius 2 is 1.89 bits per heavy atom. The minimum atomic E-state index is 0.135. The summed E-state index contributed by atoms with van der Waals surface area (Å²) >= 11 is 0. The smallest absolute Gasteiger partial charge is 0.223 e. The molecule has 1 aliphatic rings. The van der Waals surface area contributed by atoms with Crippen LogP contribution in [0.15, 0.2) is 30.5 Å². The molecule has 5 heteroatoms. The predicted molar refractivity (Wildman–Crippen MR) is 108 cm³/mol. The van der Waals surface area contributed by atoms with Crippen molar-refractivity contribution in [3.05, 3.63) is 52.8 Å². The van der Waals surface area contributed by atoms with Crippen LogP contribution in [0.2, 0.25) is 0 Å². The molecule has 0 saturated carbocycles. The van der Waals surface area contributed by atoms with Crippen LogP contribution in [0.5, 0.6) is 0 Å². The number of piperidine rings is 1. The lowest BCUT2D eigenvalue weighted by Crippen LogP contribution is -2.40. The Hall–Kier alpha value is -2.14. The van der Waals surface area contributed by atoms with Gasteiger partial charge in [-0.15, -0.1) is 0 Å². The first-order valence-corrected chi connectivity index (χ1v) is 10.1. The number of hydrogen-bond acceptors (Lipinski definition) is 3. The van der Waals surface area contributed by atoms with E-state index in [2.05, 4.69) is 71.2 Å². The second kappa shape index (κ2) is 9.18. The molecule has 2 aromatic rings. The third kappa shape index (κ3) is 5.42. The Bertz CT molecular complexity index is 742. The molecular weight excluding hydrogens is 336 g/mol. The van der Waals surface area contributed by atoms with Gasteiger partial charge < -0.3 is 5.32 Å². The van der Waals surface area contributed by atoms with E-state index in [1.54, 1.807) is 0 Å². The van der Waals surface area contributed by atoms with Gasteiger partial charge in [-0.2, -0.15) is 5.10 Å². The van der Waals surface area contributed by atoms with Crippen molar-refractivity contribution in [3.63, 3.8) is 0 Å². The molecule has 1 aromatic heterocycles. The summed E-state index contributed by atoms with van der Waals surface area (Å²) in [5.74, 6) is 0.331. The van der Waals surface area contributed by atoms with Crippen LogP contribution >= 0.6 is 0 Å². The van der Waals surface area contributed by atoms with Crippen LogP contribution in [-0.2, 0) is 24.4 Å². The lowest BCUT2D eigenvalue weighted by Gasteiger charge is -2.31. The summed E-state index contributed by atoms with van der Waals surface area (Å²) < 4.78 is 2.05. The van der Waals surface area contributed by atoms with E-state index in [0.29, 0.717) is 6.54 Å². The number of carbonyl (C=O) groups excluding carboxylic acids is 1. The fourth-order valence-corrected chi connectivity index (χ4v) is 3.69. The van der Waals surface area contributed by atoms with Crippen molar-refractivity contribution < 1.29 is 4.79 Å². The average molecular weight is 369 g/mol. The number of benzene rings is 1. The second-order valence-electron chi connectivity index (χ2n) is 7.76. The number of hydrogen-bond donors (Lipinski definition) is 1. The summed E-state index contributed by atoms with van der Waals surface area (Å²) in [7, 11) is 0. The summed E-state index contributed by atoms with van der Waals surface area (Å²) in [6.45, 7) is 10.8. The van der Waals surface area contributed by atoms with Gasteiger partial charge in [-0.05, 0) is 51.8 Å². The Balaban J connectivity index is 1.44. The number of amides is 1. The highest BCUT2D eigenvalue weighted by atomic mass is 16.1. The van der Waals surface area contributed by atoms with Gasteiger partial charge in [0.1, 0.15) is 0 Å². The van der Waals surface area contributed by atoms with E-state index in [1.807, 2.05) is 0 Å². The highest BCUT2D eigenvalue weighted by Crippen LogP contribution is 2.20. The second-order valence-corrected chi connectivity index (χ2v) is 7.76. The van der Waals surface area contributed by atoms with Crippen LogP contribution in [0.3, 0.4) is 0 Å². The highest BCUT2D eigenvalue weighted by Gasteiger charge is 2.25. The summed E-state index contributed by atoms with van der Waals surface area (Å²) in [6, 6.07) is 8.34. The van der Waals surface area contributed by atoms with Gasteiger partial charge in [0.25, 0.3) is 0 Å². The maximum absolute atomic E-state index is 12.5. The molecule has 3 rings (SSSR count). The minimum absolute atomic E-state index is 0.135. The van der Waals surface area contributed by atoms with E-state index < -0.39 is 0 Å². The zero-order chi connectivity index (χ0) is 19.2. The highest BCUT2D eigenvalue weighted by molar-refractivity contribution is 5.78. The number of nitrogens with one attached hydrogen (secondary N) is 1. The van der Waals surface area contributed by atoms with E-state index in [9.17, 15) is 4.79 Å². The van der Waals surface area contributed by atoms with Crippen LogP contribution in [0, 0.1) is 19.8 Å². The van der Waals surface area contributed by atoms with Gasteiger partial charge in [0.15, 0.2) is 0 Å². The van der Waals surface area contributed by atoms with Crippen molar-refractivity contribution in [2.24, 2.45) is 5.92 Å². The fourth-order valence-electron chi connectivity index (χ4n) is 3.69. The summed E-state index contributed by atoms with van der Waals surface area (Å²) in [4.78, 5) is 14.9. The van der Waals surface area contributed by atoms with Gasteiger partial charge in [-0.3, -0.25) is 14.4 Å². The molecule has 27 heavy (non-hydrogen) atoms. The number of nitrogens with zero attached hydrogens (tertiary/aromatic N) is 3. The average Bonchev–Trinajstić information content (AvgIpc) is 3.01. The Morgan fingerprint density at radius 3 is 2.56 bits per heavy atom. The molecule has 1 fully saturated rings. The topological polar surface area (TPSA) is 50.2 Å². The summed E-state index contributed by atoms with van der Waals surface area (Å²) in [5.41, 5.74) is 4.84. The largest absolute Gasteiger partial charge is 0.352 e. The minimum Gasteiger partial charge on any atom is -0.352 e. The van der Waals surface area contributed by atoms with Gasteiger partial charge in [0.05, 0.1) is 5.69 Å². The fraction of sp³-hybridized carbons (Fsp3) is 0.545. The standard InChI is InChI=1S/C22H32N4O/c1-4-11-26-16-21(18(3)24-26)15-25-12-9-20(10-13-25)22(27)23-14-19-7-5-17(2)6-8-19/h5-8,16,20H,4,9-15H2,1-3H3,(H,23,27). The predicted octanol–water partition coefficient (Wildman–Crippen LogP) is 3.44. The SMILES string of the molecule is CCCn1cc(CN2CCC(C(=O)NCc3ccc(C)cc3)CC2)c(C)n1. The number of carbonyl (C=O) groups is 1. The Kier molecular flexibility index (Phi) is 6.67. The van der Waals surface area contributed by atoms with Crippen LogP contribution in [0.1, 0.15) is 48.6 Å². The maximum Gasteiger partial charge on any atom is 0.223 e. The van der Waals surface area contributed by atoms with Gasteiger partial charge in [0, 0.05) is 37.3 Å². The number of aromatic nitrogens is 2. The third-order valence-corrected chi connectivity index (χ3v) is 5.44. The zero-order valence-corrected chi connectivity index (χ0v) is 16.9. The molecule has 0 atom stereocenters. The Labute approximate surface area is 162 Å². The molecule has 0 radical (unpaired) electrons. The van der Waals surface area contributed by atoms with E-state index in [1.165, 1.54) is 11.1 Å². The molecule has 1 aliphatic heterocycles. The van der Waals surface area contributed by atoms with Crippen molar-refractivity contribution in [2.75, 3.05) is 13.1 Å². The molecule has 1 saturated heterocycles. The first-order chi connectivity index (χ1) is 13.0. The molecule has 0 unspecified atom stereocenters. The van der Waals surface area contributed by atoms with Gasteiger partial charge in [-0.25, -0.2) is 0 Å². The van der Waals surface area contributed by atoms with Gasteiger partial charge >= 0.3 is 0 Å². The molecule has 1 N–H and O–H groups in total. The molecule has 1 aromatic carbocycles. The van der Waals surface area contributed by atoms with Gasteiger partial charge in [0.2, 0.25) is 5.91 Å². The van der Waals surface area contributed by atoms with Crippen LogP contribution in [0.25, 0.3) is 0 Å². The maximum atomic E-state index is 12.5. The molecule has 0 aliphatic carbocycles. The van der Waals surface area contributed by atoms with Crippen molar-refractivity contribution in [3.8, 4) is 0 Å². The van der Waals surface area contributed by atoms with E-state index in [-0.39, 0.29) is 11.8 Å². The zero-order valence-electron chi connectivity index (χ0n) is 16.9. The lowest BCUT2D eigenvalue weighted by molar-refractivity contribution is -0.126. The molecular formula is C22H32N4O. The molecule has 0 spiro atoms.